The van der Waals surface area contributed by atoms with Crippen LogP contribution in [0.25, 0.3) is 11.0 Å². The van der Waals surface area contributed by atoms with Crippen LogP contribution >= 0.6 is 0 Å². The van der Waals surface area contributed by atoms with Crippen molar-refractivity contribution in [3.05, 3.63) is 54.7 Å². The van der Waals surface area contributed by atoms with Gasteiger partial charge < -0.3 is 19.6 Å². The maximum Gasteiger partial charge on any atom is 0.286 e. The van der Waals surface area contributed by atoms with Gasteiger partial charge in [-0.3, -0.25) is 9.59 Å². The first-order chi connectivity index (χ1) is 12.2. The van der Waals surface area contributed by atoms with Gasteiger partial charge in [0.2, 0.25) is 5.91 Å². The van der Waals surface area contributed by atoms with E-state index in [-0.39, 0.29) is 30.5 Å². The lowest BCUT2D eigenvalue weighted by molar-refractivity contribution is -0.120. The molecule has 0 aliphatic heterocycles. The quantitative estimate of drug-likeness (QED) is 0.614. The molecule has 2 N–H and O–H groups in total. The normalized spacial score (nSPS) is 10.7. The zero-order valence-electron chi connectivity index (χ0n) is 13.8. The molecule has 0 aliphatic rings. The molecule has 2 aromatic heterocycles. The summed E-state index contributed by atoms with van der Waals surface area (Å²) in [5.41, 5.74) is 2.06. The number of benzene rings is 1. The van der Waals surface area contributed by atoms with Crippen molar-refractivity contribution in [3.63, 3.8) is 0 Å². The minimum Gasteiger partial charge on any atom is -0.459 e. The summed E-state index contributed by atoms with van der Waals surface area (Å²) < 4.78 is 7.05. The molecule has 25 heavy (non-hydrogen) atoms. The summed E-state index contributed by atoms with van der Waals surface area (Å²) in [5.74, 6) is -0.159. The number of nitrogens with zero attached hydrogens (tertiary/aromatic N) is 2. The molecule has 0 fully saturated rings. The molecule has 2 heterocycles. The van der Waals surface area contributed by atoms with E-state index in [2.05, 4.69) is 20.2 Å². The fourth-order valence-electron chi connectivity index (χ4n) is 2.54. The van der Waals surface area contributed by atoms with Crippen LogP contribution in [0.1, 0.15) is 23.4 Å². The molecule has 130 valence electrons. The molecule has 0 aliphatic carbocycles. The van der Waals surface area contributed by atoms with Crippen molar-refractivity contribution < 1.29 is 14.0 Å². The maximum atomic E-state index is 11.8. The van der Waals surface area contributed by atoms with Crippen LogP contribution in [0, 0.1) is 0 Å². The van der Waals surface area contributed by atoms with Crippen molar-refractivity contribution in [3.8, 4) is 0 Å². The van der Waals surface area contributed by atoms with Crippen LogP contribution in [0.5, 0.6) is 0 Å². The summed E-state index contributed by atoms with van der Waals surface area (Å²) in [5, 5.41) is 5.50. The molecule has 7 nitrogen and oxygen atoms in total. The first-order valence-electron chi connectivity index (χ1n) is 8.22. The van der Waals surface area contributed by atoms with E-state index < -0.39 is 0 Å². The summed E-state index contributed by atoms with van der Waals surface area (Å²) in [4.78, 5) is 27.8. The third-order valence-electron chi connectivity index (χ3n) is 3.81. The number of nitrogens with one attached hydrogen (secondary N) is 2. The SMILES string of the molecule is O=C(CCNC(=O)c1ccco1)NCCCn1cnc2ccccc21. The first kappa shape index (κ1) is 16.8. The summed E-state index contributed by atoms with van der Waals surface area (Å²) in [6, 6.07) is 11.2. The predicted molar refractivity (Wildman–Crippen MR) is 93.0 cm³/mol. The lowest BCUT2D eigenvalue weighted by Crippen LogP contribution is -2.31. The van der Waals surface area contributed by atoms with Crippen LogP contribution in [0.2, 0.25) is 0 Å². The molecular formula is C18H20N4O3. The zero-order valence-corrected chi connectivity index (χ0v) is 13.8. The molecule has 0 bridgehead atoms. The van der Waals surface area contributed by atoms with Gasteiger partial charge in [0.25, 0.3) is 5.91 Å². The number of imidazole rings is 1. The van der Waals surface area contributed by atoms with Gasteiger partial charge in [0.05, 0.1) is 23.6 Å². The third-order valence-corrected chi connectivity index (χ3v) is 3.81. The second-order valence-corrected chi connectivity index (χ2v) is 5.61. The Morgan fingerprint density at radius 1 is 1.08 bits per heavy atom. The third kappa shape index (κ3) is 4.47. The van der Waals surface area contributed by atoms with Crippen LogP contribution in [0.15, 0.2) is 53.4 Å². The highest BCUT2D eigenvalue weighted by Gasteiger charge is 2.08. The smallest absolute Gasteiger partial charge is 0.286 e. The molecule has 0 spiro atoms. The number of fused-ring (bicyclic) bond motifs is 1. The second-order valence-electron chi connectivity index (χ2n) is 5.61. The van der Waals surface area contributed by atoms with E-state index in [0.717, 1.165) is 24.0 Å². The van der Waals surface area contributed by atoms with E-state index in [1.807, 2.05) is 30.6 Å². The Bertz CT molecular complexity index is 839. The van der Waals surface area contributed by atoms with Crippen LogP contribution in [0.4, 0.5) is 0 Å². The number of aromatic nitrogens is 2. The predicted octanol–water partition coefficient (Wildman–Crippen LogP) is 1.96. The molecule has 0 unspecified atom stereocenters. The summed E-state index contributed by atoms with van der Waals surface area (Å²) >= 11 is 0. The Labute approximate surface area is 145 Å². The van der Waals surface area contributed by atoms with Gasteiger partial charge >= 0.3 is 0 Å². The second kappa shape index (κ2) is 8.14. The highest BCUT2D eigenvalue weighted by Crippen LogP contribution is 2.11. The standard InChI is InChI=1S/C18H20N4O3/c23-17(8-10-20-18(24)16-7-3-12-25-16)19-9-4-11-22-13-21-14-5-1-2-6-15(14)22/h1-3,5-7,12-13H,4,8-11H2,(H,19,23)(H,20,24). The fourth-order valence-corrected chi connectivity index (χ4v) is 2.54. The zero-order chi connectivity index (χ0) is 17.5. The Balaban J connectivity index is 1.32. The van der Waals surface area contributed by atoms with E-state index in [0.29, 0.717) is 6.54 Å². The molecule has 1 aromatic carbocycles. The molecule has 2 amide bonds. The first-order valence-corrected chi connectivity index (χ1v) is 8.22. The van der Waals surface area contributed by atoms with Gasteiger partial charge in [0.1, 0.15) is 0 Å². The van der Waals surface area contributed by atoms with Gasteiger partial charge in [-0.05, 0) is 30.7 Å². The van der Waals surface area contributed by atoms with Crippen LogP contribution in [0.3, 0.4) is 0 Å². The van der Waals surface area contributed by atoms with E-state index >= 15 is 0 Å². The van der Waals surface area contributed by atoms with Crippen molar-refractivity contribution in [1.82, 2.24) is 20.2 Å². The number of furan rings is 1. The Kier molecular flexibility index (Phi) is 5.46. The van der Waals surface area contributed by atoms with Gasteiger partial charge in [-0.15, -0.1) is 0 Å². The Hall–Kier alpha value is -3.09. The van der Waals surface area contributed by atoms with Gasteiger partial charge in [-0.2, -0.15) is 0 Å². The minimum atomic E-state index is -0.315. The monoisotopic (exact) mass is 340 g/mol. The lowest BCUT2D eigenvalue weighted by atomic mass is 10.3. The molecule has 0 saturated carbocycles. The molecule has 0 radical (unpaired) electrons. The molecule has 3 aromatic rings. The molecule has 7 heteroatoms. The number of rotatable bonds is 8. The van der Waals surface area contributed by atoms with Crippen LogP contribution < -0.4 is 10.6 Å². The van der Waals surface area contributed by atoms with E-state index in [4.69, 9.17) is 4.42 Å². The minimum absolute atomic E-state index is 0.0877. The number of carbonyl (C=O) groups excluding carboxylic acids is 2. The number of hydrogen-bond donors (Lipinski definition) is 2. The number of amides is 2. The molecular weight excluding hydrogens is 320 g/mol. The number of aryl methyl sites for hydroxylation is 1. The Morgan fingerprint density at radius 2 is 1.96 bits per heavy atom. The summed E-state index contributed by atoms with van der Waals surface area (Å²) in [6.45, 7) is 1.64. The van der Waals surface area contributed by atoms with Crippen molar-refractivity contribution in [1.29, 1.82) is 0 Å². The van der Waals surface area contributed by atoms with E-state index in [1.54, 1.807) is 12.1 Å². The molecule has 0 saturated heterocycles. The number of carbonyl (C=O) groups is 2. The van der Waals surface area contributed by atoms with E-state index in [9.17, 15) is 9.59 Å². The average Bonchev–Trinajstić information content (AvgIpc) is 3.29. The highest BCUT2D eigenvalue weighted by molar-refractivity contribution is 5.91. The topological polar surface area (TPSA) is 89.2 Å². The van der Waals surface area contributed by atoms with Crippen molar-refractivity contribution in [2.75, 3.05) is 13.1 Å². The number of para-hydroxylation sites is 2. The Morgan fingerprint density at radius 3 is 2.80 bits per heavy atom. The summed E-state index contributed by atoms with van der Waals surface area (Å²) in [7, 11) is 0. The van der Waals surface area contributed by atoms with Crippen molar-refractivity contribution >= 4 is 22.8 Å². The molecule has 0 atom stereocenters. The van der Waals surface area contributed by atoms with Crippen molar-refractivity contribution in [2.45, 2.75) is 19.4 Å². The van der Waals surface area contributed by atoms with Crippen LogP contribution in [-0.2, 0) is 11.3 Å². The molecule has 3 rings (SSSR count). The lowest BCUT2D eigenvalue weighted by Gasteiger charge is -2.07. The van der Waals surface area contributed by atoms with Gasteiger partial charge in [0, 0.05) is 26.1 Å². The van der Waals surface area contributed by atoms with Gasteiger partial charge in [0.15, 0.2) is 5.76 Å². The fraction of sp³-hybridized carbons (Fsp3) is 0.278. The maximum absolute atomic E-state index is 11.8. The largest absolute Gasteiger partial charge is 0.459 e. The van der Waals surface area contributed by atoms with Crippen molar-refractivity contribution in [2.24, 2.45) is 0 Å². The average molecular weight is 340 g/mol. The van der Waals surface area contributed by atoms with E-state index in [1.165, 1.54) is 6.26 Å². The number of hydrogen-bond acceptors (Lipinski definition) is 4. The van der Waals surface area contributed by atoms with Gasteiger partial charge in [-0.1, -0.05) is 12.1 Å². The van der Waals surface area contributed by atoms with Crippen LogP contribution in [-0.4, -0.2) is 34.5 Å². The van der Waals surface area contributed by atoms with Gasteiger partial charge in [-0.25, -0.2) is 4.98 Å². The highest BCUT2D eigenvalue weighted by atomic mass is 16.3. The summed E-state index contributed by atoms with van der Waals surface area (Å²) in [6.07, 6.45) is 4.30.